The molecule has 0 aliphatic heterocycles. The molecule has 1 aromatic rings. The molecule has 0 aliphatic rings. The van der Waals surface area contributed by atoms with E-state index in [4.69, 9.17) is 5.73 Å². The molecule has 1 unspecified atom stereocenters. The standard InChI is InChI=1S/C7H12N4O/c1-5(7(8)12)9-4-6-2-3-10-11-6/h2-3,5,9H,4H2,1H3,(H2,8,12)(H,10,11). The number of H-pyrrole nitrogens is 1. The van der Waals surface area contributed by atoms with Crippen molar-refractivity contribution >= 4 is 5.91 Å². The van der Waals surface area contributed by atoms with E-state index in [1.807, 2.05) is 6.07 Å². The zero-order valence-electron chi connectivity index (χ0n) is 6.87. The van der Waals surface area contributed by atoms with Crippen molar-refractivity contribution in [1.29, 1.82) is 0 Å². The van der Waals surface area contributed by atoms with E-state index in [0.29, 0.717) is 6.54 Å². The van der Waals surface area contributed by atoms with E-state index in [-0.39, 0.29) is 11.9 Å². The van der Waals surface area contributed by atoms with Crippen LogP contribution in [0.3, 0.4) is 0 Å². The third-order valence-electron chi connectivity index (χ3n) is 1.58. The van der Waals surface area contributed by atoms with Crippen molar-refractivity contribution in [2.75, 3.05) is 0 Å². The number of aromatic nitrogens is 2. The summed E-state index contributed by atoms with van der Waals surface area (Å²) >= 11 is 0. The van der Waals surface area contributed by atoms with E-state index in [1.165, 1.54) is 0 Å². The molecule has 0 fully saturated rings. The van der Waals surface area contributed by atoms with Gasteiger partial charge in [0.25, 0.3) is 0 Å². The highest BCUT2D eigenvalue weighted by molar-refractivity contribution is 5.79. The summed E-state index contributed by atoms with van der Waals surface area (Å²) in [7, 11) is 0. The number of carbonyl (C=O) groups is 1. The molecule has 1 atom stereocenters. The van der Waals surface area contributed by atoms with Gasteiger partial charge in [0.05, 0.1) is 6.04 Å². The van der Waals surface area contributed by atoms with Crippen LogP contribution in [0, 0.1) is 0 Å². The number of nitrogens with two attached hydrogens (primary N) is 1. The average Bonchev–Trinajstić information content (AvgIpc) is 2.51. The Bertz CT molecular complexity index is 244. The van der Waals surface area contributed by atoms with Crippen LogP contribution in [0.2, 0.25) is 0 Å². The quantitative estimate of drug-likeness (QED) is 0.560. The second kappa shape index (κ2) is 3.87. The first-order chi connectivity index (χ1) is 5.70. The first-order valence-corrected chi connectivity index (χ1v) is 3.71. The molecule has 1 amide bonds. The van der Waals surface area contributed by atoms with E-state index < -0.39 is 0 Å². The number of amides is 1. The Labute approximate surface area is 70.3 Å². The van der Waals surface area contributed by atoms with Gasteiger partial charge in [0.15, 0.2) is 0 Å². The van der Waals surface area contributed by atoms with Crippen molar-refractivity contribution in [3.63, 3.8) is 0 Å². The zero-order valence-corrected chi connectivity index (χ0v) is 6.87. The largest absolute Gasteiger partial charge is 0.368 e. The summed E-state index contributed by atoms with van der Waals surface area (Å²) in [6.45, 7) is 2.29. The fourth-order valence-electron chi connectivity index (χ4n) is 0.747. The highest BCUT2D eigenvalue weighted by Gasteiger charge is 2.06. The van der Waals surface area contributed by atoms with Gasteiger partial charge in [-0.3, -0.25) is 9.89 Å². The Hall–Kier alpha value is -1.36. The van der Waals surface area contributed by atoms with Crippen LogP contribution >= 0.6 is 0 Å². The maximum Gasteiger partial charge on any atom is 0.234 e. The van der Waals surface area contributed by atoms with Crippen molar-refractivity contribution < 1.29 is 4.79 Å². The van der Waals surface area contributed by atoms with Gasteiger partial charge in [-0.15, -0.1) is 0 Å². The fraction of sp³-hybridized carbons (Fsp3) is 0.429. The molecule has 0 radical (unpaired) electrons. The number of carbonyl (C=O) groups excluding carboxylic acids is 1. The first kappa shape index (κ1) is 8.73. The minimum Gasteiger partial charge on any atom is -0.368 e. The van der Waals surface area contributed by atoms with Crippen molar-refractivity contribution in [2.45, 2.75) is 19.5 Å². The highest BCUT2D eigenvalue weighted by Crippen LogP contribution is 1.91. The van der Waals surface area contributed by atoms with Crippen molar-refractivity contribution in [1.82, 2.24) is 15.5 Å². The maximum atomic E-state index is 10.6. The number of nitrogens with zero attached hydrogens (tertiary/aromatic N) is 1. The van der Waals surface area contributed by atoms with Crippen LogP contribution in [0.5, 0.6) is 0 Å². The number of hydrogen-bond acceptors (Lipinski definition) is 3. The molecule has 0 aromatic carbocycles. The summed E-state index contributed by atoms with van der Waals surface area (Å²) in [6, 6.07) is 1.52. The summed E-state index contributed by atoms with van der Waals surface area (Å²) in [5, 5.41) is 9.47. The molecule has 1 aromatic heterocycles. The first-order valence-electron chi connectivity index (χ1n) is 3.71. The lowest BCUT2D eigenvalue weighted by molar-refractivity contribution is -0.119. The van der Waals surface area contributed by atoms with E-state index in [9.17, 15) is 4.79 Å². The van der Waals surface area contributed by atoms with Gasteiger partial charge in [-0.05, 0) is 13.0 Å². The van der Waals surface area contributed by atoms with Crippen LogP contribution in [0.4, 0.5) is 0 Å². The zero-order chi connectivity index (χ0) is 8.97. The van der Waals surface area contributed by atoms with Gasteiger partial charge < -0.3 is 11.1 Å². The summed E-state index contributed by atoms with van der Waals surface area (Å²) in [4.78, 5) is 10.6. The molecule has 0 saturated carbocycles. The van der Waals surface area contributed by atoms with E-state index in [2.05, 4.69) is 15.5 Å². The number of nitrogens with one attached hydrogen (secondary N) is 2. The molecule has 4 N–H and O–H groups in total. The van der Waals surface area contributed by atoms with Crippen LogP contribution in [-0.2, 0) is 11.3 Å². The van der Waals surface area contributed by atoms with E-state index >= 15 is 0 Å². The summed E-state index contributed by atoms with van der Waals surface area (Å²) in [6.07, 6.45) is 1.66. The molecule has 0 spiro atoms. The predicted molar refractivity (Wildman–Crippen MR) is 44.1 cm³/mol. The average molecular weight is 168 g/mol. The Morgan fingerprint density at radius 3 is 3.17 bits per heavy atom. The van der Waals surface area contributed by atoms with Crippen molar-refractivity contribution in [2.24, 2.45) is 5.73 Å². The Balaban J connectivity index is 2.31. The lowest BCUT2D eigenvalue weighted by Crippen LogP contribution is -2.38. The van der Waals surface area contributed by atoms with Gasteiger partial charge in [0, 0.05) is 18.4 Å². The van der Waals surface area contributed by atoms with Crippen molar-refractivity contribution in [3.8, 4) is 0 Å². The minimum absolute atomic E-state index is 0.312. The predicted octanol–water partition coefficient (Wildman–Crippen LogP) is -0.627. The smallest absolute Gasteiger partial charge is 0.234 e. The Morgan fingerprint density at radius 1 is 1.92 bits per heavy atom. The third-order valence-corrected chi connectivity index (χ3v) is 1.58. The molecule has 5 heteroatoms. The minimum atomic E-state index is -0.352. The van der Waals surface area contributed by atoms with Gasteiger partial charge in [-0.1, -0.05) is 0 Å². The SMILES string of the molecule is CC(NCc1ccn[nH]1)C(N)=O. The van der Waals surface area contributed by atoms with Crippen molar-refractivity contribution in [3.05, 3.63) is 18.0 Å². The number of primary amides is 1. The molecule has 1 heterocycles. The lowest BCUT2D eigenvalue weighted by atomic mass is 10.3. The molecule has 0 aliphatic carbocycles. The topological polar surface area (TPSA) is 83.8 Å². The van der Waals surface area contributed by atoms with E-state index in [1.54, 1.807) is 13.1 Å². The normalized spacial score (nSPS) is 12.8. The number of aromatic amines is 1. The van der Waals surface area contributed by atoms with Crippen LogP contribution < -0.4 is 11.1 Å². The van der Waals surface area contributed by atoms with Gasteiger partial charge >= 0.3 is 0 Å². The third kappa shape index (κ3) is 2.35. The maximum absolute atomic E-state index is 10.6. The van der Waals surface area contributed by atoms with Gasteiger partial charge in [0.2, 0.25) is 5.91 Å². The summed E-state index contributed by atoms with van der Waals surface area (Å²) in [5.41, 5.74) is 5.98. The Morgan fingerprint density at radius 2 is 2.67 bits per heavy atom. The molecule has 1 rings (SSSR count). The second-order valence-corrected chi connectivity index (χ2v) is 2.59. The summed E-state index contributed by atoms with van der Waals surface area (Å²) < 4.78 is 0. The van der Waals surface area contributed by atoms with Crippen LogP contribution in [0.25, 0.3) is 0 Å². The Kier molecular flexibility index (Phi) is 2.82. The van der Waals surface area contributed by atoms with Gasteiger partial charge in [-0.25, -0.2) is 0 Å². The van der Waals surface area contributed by atoms with Gasteiger partial charge in [0.1, 0.15) is 0 Å². The molecule has 5 nitrogen and oxygen atoms in total. The molecule has 66 valence electrons. The number of hydrogen-bond donors (Lipinski definition) is 3. The van der Waals surface area contributed by atoms with Crippen LogP contribution in [-0.4, -0.2) is 22.1 Å². The fourth-order valence-corrected chi connectivity index (χ4v) is 0.747. The summed E-state index contributed by atoms with van der Waals surface area (Å²) in [5.74, 6) is -0.352. The molecule has 12 heavy (non-hydrogen) atoms. The number of rotatable bonds is 4. The highest BCUT2D eigenvalue weighted by atomic mass is 16.1. The van der Waals surface area contributed by atoms with Gasteiger partial charge in [-0.2, -0.15) is 5.10 Å². The van der Waals surface area contributed by atoms with Crippen LogP contribution in [0.15, 0.2) is 12.3 Å². The monoisotopic (exact) mass is 168 g/mol. The molecule has 0 saturated heterocycles. The second-order valence-electron chi connectivity index (χ2n) is 2.59. The molecule has 0 bridgehead atoms. The molecular formula is C7H12N4O. The molecular weight excluding hydrogens is 156 g/mol. The van der Waals surface area contributed by atoms with Crippen LogP contribution in [0.1, 0.15) is 12.6 Å². The van der Waals surface area contributed by atoms with E-state index in [0.717, 1.165) is 5.69 Å². The lowest BCUT2D eigenvalue weighted by Gasteiger charge is -2.07.